The number of aromatic nitrogens is 3. The van der Waals surface area contributed by atoms with Crippen molar-refractivity contribution in [3.05, 3.63) is 59.1 Å². The number of carbonyl (C=O) groups excluding carboxylic acids is 1. The molecule has 31 heavy (non-hydrogen) atoms. The lowest BCUT2D eigenvalue weighted by Crippen LogP contribution is -2.49. The highest BCUT2D eigenvalue weighted by Gasteiger charge is 2.47. The fourth-order valence-corrected chi connectivity index (χ4v) is 4.55. The van der Waals surface area contributed by atoms with Gasteiger partial charge in [0.2, 0.25) is 5.65 Å². The van der Waals surface area contributed by atoms with Gasteiger partial charge in [-0.05, 0) is 44.2 Å². The van der Waals surface area contributed by atoms with Crippen molar-refractivity contribution in [2.45, 2.75) is 50.2 Å². The van der Waals surface area contributed by atoms with Crippen molar-refractivity contribution in [1.82, 2.24) is 19.3 Å². The van der Waals surface area contributed by atoms with E-state index in [1.807, 2.05) is 29.2 Å². The van der Waals surface area contributed by atoms with Gasteiger partial charge in [0.1, 0.15) is 11.3 Å². The van der Waals surface area contributed by atoms with Gasteiger partial charge in [-0.2, -0.15) is 5.26 Å². The first-order valence-electron chi connectivity index (χ1n) is 10.5. The van der Waals surface area contributed by atoms with Gasteiger partial charge in [-0.15, -0.1) is 0 Å². The summed E-state index contributed by atoms with van der Waals surface area (Å²) in [5.74, 6) is 0.358. The number of nitrogens with zero attached hydrogens (tertiary/aromatic N) is 5. The van der Waals surface area contributed by atoms with Crippen LogP contribution in [0.15, 0.2) is 42.9 Å². The lowest BCUT2D eigenvalue weighted by Gasteiger charge is -2.38. The molecule has 0 spiro atoms. The normalized spacial score (nSPS) is 22.2. The Kier molecular flexibility index (Phi) is 4.82. The third-order valence-corrected chi connectivity index (χ3v) is 6.65. The maximum Gasteiger partial charge on any atom is 0.258 e. The Morgan fingerprint density at radius 3 is 2.87 bits per heavy atom. The van der Waals surface area contributed by atoms with Crippen LogP contribution in [0.1, 0.15) is 48.5 Å². The number of hydrogen-bond acceptors (Lipinski definition) is 5. The molecule has 1 amide bonds. The first kappa shape index (κ1) is 19.8. The van der Waals surface area contributed by atoms with E-state index in [9.17, 15) is 10.1 Å². The van der Waals surface area contributed by atoms with E-state index in [4.69, 9.17) is 16.3 Å². The zero-order valence-corrected chi connectivity index (χ0v) is 17.9. The second-order valence-corrected chi connectivity index (χ2v) is 8.76. The van der Waals surface area contributed by atoms with Crippen molar-refractivity contribution in [2.75, 3.05) is 6.54 Å². The molecule has 0 bridgehead atoms. The van der Waals surface area contributed by atoms with E-state index < -0.39 is 5.41 Å². The second kappa shape index (κ2) is 7.54. The van der Waals surface area contributed by atoms with Crippen LogP contribution in [0.3, 0.4) is 0 Å². The van der Waals surface area contributed by atoms with Crippen molar-refractivity contribution < 1.29 is 9.53 Å². The summed E-state index contributed by atoms with van der Waals surface area (Å²) in [5, 5.41) is 10.1. The number of fused-ring (bicyclic) bond motifs is 1. The molecular weight excluding hydrogens is 414 g/mol. The highest BCUT2D eigenvalue weighted by atomic mass is 35.5. The van der Waals surface area contributed by atoms with E-state index in [-0.39, 0.29) is 18.1 Å². The van der Waals surface area contributed by atoms with Gasteiger partial charge < -0.3 is 9.64 Å². The number of amides is 1. The summed E-state index contributed by atoms with van der Waals surface area (Å²) in [7, 11) is 0. The molecule has 5 rings (SSSR count). The lowest BCUT2D eigenvalue weighted by atomic mass is 9.91. The number of rotatable bonds is 4. The largest absolute Gasteiger partial charge is 0.470 e. The van der Waals surface area contributed by atoms with Crippen LogP contribution in [0, 0.1) is 11.3 Å². The maximum absolute atomic E-state index is 13.5. The van der Waals surface area contributed by atoms with E-state index in [0.717, 1.165) is 31.2 Å². The molecule has 3 heterocycles. The van der Waals surface area contributed by atoms with Crippen LogP contribution >= 0.6 is 11.6 Å². The zero-order valence-electron chi connectivity index (χ0n) is 17.2. The minimum atomic E-state index is -0.513. The minimum absolute atomic E-state index is 0.0482. The van der Waals surface area contributed by atoms with Crippen LogP contribution in [-0.2, 0) is 5.41 Å². The smallest absolute Gasteiger partial charge is 0.258 e. The number of nitriles is 1. The molecule has 2 atom stereocenters. The Balaban J connectivity index is 1.39. The first-order chi connectivity index (χ1) is 15.0. The fourth-order valence-electron chi connectivity index (χ4n) is 4.37. The van der Waals surface area contributed by atoms with Gasteiger partial charge in [-0.3, -0.25) is 9.20 Å². The van der Waals surface area contributed by atoms with Crippen molar-refractivity contribution in [1.29, 1.82) is 5.26 Å². The summed E-state index contributed by atoms with van der Waals surface area (Å²) in [6.45, 7) is 2.51. The third kappa shape index (κ3) is 3.41. The third-order valence-electron chi connectivity index (χ3n) is 6.37. The highest BCUT2D eigenvalue weighted by Crippen LogP contribution is 2.49. The van der Waals surface area contributed by atoms with Gasteiger partial charge in [0.25, 0.3) is 11.8 Å². The highest BCUT2D eigenvalue weighted by molar-refractivity contribution is 6.29. The molecule has 1 aromatic carbocycles. The first-order valence-corrected chi connectivity index (χ1v) is 10.9. The van der Waals surface area contributed by atoms with Crippen LogP contribution in [0.5, 0.6) is 5.88 Å². The Hall–Kier alpha value is -3.11. The van der Waals surface area contributed by atoms with Crippen molar-refractivity contribution in [3.63, 3.8) is 0 Å². The van der Waals surface area contributed by atoms with Gasteiger partial charge >= 0.3 is 0 Å². The Morgan fingerprint density at radius 1 is 1.29 bits per heavy atom. The number of piperidine rings is 1. The molecule has 2 aromatic heterocycles. The van der Waals surface area contributed by atoms with Crippen LogP contribution in [-0.4, -0.2) is 43.9 Å². The van der Waals surface area contributed by atoms with Crippen molar-refractivity contribution in [2.24, 2.45) is 0 Å². The minimum Gasteiger partial charge on any atom is -0.470 e. The average Bonchev–Trinajstić information content (AvgIpc) is 3.51. The summed E-state index contributed by atoms with van der Waals surface area (Å²) >= 11 is 6.15. The molecule has 8 heteroatoms. The summed E-state index contributed by atoms with van der Waals surface area (Å²) in [4.78, 5) is 24.0. The van der Waals surface area contributed by atoms with Crippen LogP contribution in [0.25, 0.3) is 5.65 Å². The quantitative estimate of drug-likeness (QED) is 0.618. The summed E-state index contributed by atoms with van der Waals surface area (Å²) in [6, 6.07) is 10.0. The van der Waals surface area contributed by atoms with Crippen LogP contribution < -0.4 is 4.74 Å². The number of ether oxygens (including phenoxy) is 1. The van der Waals surface area contributed by atoms with E-state index in [1.54, 1.807) is 23.0 Å². The van der Waals surface area contributed by atoms with Crippen LogP contribution in [0.4, 0.5) is 0 Å². The fraction of sp³-hybridized carbons (Fsp3) is 0.391. The summed E-state index contributed by atoms with van der Waals surface area (Å²) < 4.78 is 7.89. The lowest BCUT2D eigenvalue weighted by molar-refractivity contribution is 0.0374. The molecule has 1 saturated heterocycles. The predicted molar refractivity (Wildman–Crippen MR) is 115 cm³/mol. The van der Waals surface area contributed by atoms with E-state index in [1.165, 1.54) is 0 Å². The predicted octanol–water partition coefficient (Wildman–Crippen LogP) is 4.01. The Labute approximate surface area is 185 Å². The molecule has 1 aliphatic heterocycles. The number of likely N-dealkylation sites (tertiary alicyclic amines) is 1. The molecule has 0 N–H and O–H groups in total. The number of imidazole rings is 1. The van der Waals surface area contributed by atoms with E-state index in [2.05, 4.69) is 23.0 Å². The average molecular weight is 436 g/mol. The molecule has 158 valence electrons. The molecule has 1 aliphatic carbocycles. The topological polar surface area (TPSA) is 83.5 Å². The number of carbonyl (C=O) groups is 1. The maximum atomic E-state index is 13.5. The molecule has 2 fully saturated rings. The molecule has 3 aromatic rings. The molecule has 2 aliphatic rings. The molecule has 0 radical (unpaired) electrons. The van der Waals surface area contributed by atoms with Crippen LogP contribution in [0.2, 0.25) is 5.15 Å². The van der Waals surface area contributed by atoms with E-state index >= 15 is 0 Å². The Bertz CT molecular complexity index is 1200. The SMILES string of the molecule is C[C@@H]1CC[C@@H](Oc2nccn3c(Cl)cnc23)CN1C(=O)c1ccccc1C1(C#N)CC1. The van der Waals surface area contributed by atoms with Gasteiger partial charge in [0, 0.05) is 24.0 Å². The number of benzene rings is 1. The molecule has 0 unspecified atom stereocenters. The van der Waals surface area contributed by atoms with Gasteiger partial charge in [0.05, 0.1) is 24.2 Å². The van der Waals surface area contributed by atoms with Gasteiger partial charge in [-0.1, -0.05) is 29.8 Å². The standard InChI is InChI=1S/C23H22ClN5O2/c1-15-6-7-16(31-21-20-27-12-19(24)28(20)11-10-26-21)13-29(15)22(30)17-4-2-3-5-18(17)23(14-25)8-9-23/h2-5,10-12,15-16H,6-9,13H2,1H3/t15-,16-/m1/s1. The molecule has 7 nitrogen and oxygen atoms in total. The van der Waals surface area contributed by atoms with Gasteiger partial charge in [-0.25, -0.2) is 9.97 Å². The molecular formula is C23H22ClN5O2. The summed E-state index contributed by atoms with van der Waals surface area (Å²) in [6.07, 6.45) is 7.95. The van der Waals surface area contributed by atoms with Crippen molar-refractivity contribution in [3.8, 4) is 11.9 Å². The van der Waals surface area contributed by atoms with Crippen molar-refractivity contribution >= 4 is 23.2 Å². The molecule has 1 saturated carbocycles. The number of halogens is 1. The monoisotopic (exact) mass is 435 g/mol. The van der Waals surface area contributed by atoms with E-state index in [0.29, 0.717) is 28.8 Å². The second-order valence-electron chi connectivity index (χ2n) is 8.37. The Morgan fingerprint density at radius 2 is 2.10 bits per heavy atom. The summed E-state index contributed by atoms with van der Waals surface area (Å²) in [5.41, 5.74) is 1.50. The zero-order chi connectivity index (χ0) is 21.6. The number of hydrogen-bond donors (Lipinski definition) is 0. The van der Waals surface area contributed by atoms with Gasteiger partial charge in [0.15, 0.2) is 0 Å².